The fraction of sp³-hybridized carbons (Fsp3) is 0.231. The monoisotopic (exact) mass is 249 g/mol. The number of carboxylic acids is 1. The van der Waals surface area contributed by atoms with Crippen molar-refractivity contribution in [1.29, 1.82) is 0 Å². The Morgan fingerprint density at radius 3 is 2.61 bits per heavy atom. The van der Waals surface area contributed by atoms with Crippen LogP contribution < -0.4 is 0 Å². The van der Waals surface area contributed by atoms with Crippen molar-refractivity contribution < 1.29 is 18.7 Å². The van der Waals surface area contributed by atoms with Gasteiger partial charge in [0.2, 0.25) is 0 Å². The fourth-order valence-electron chi connectivity index (χ4n) is 2.04. The van der Waals surface area contributed by atoms with E-state index in [1.807, 2.05) is 0 Å². The van der Waals surface area contributed by atoms with Gasteiger partial charge >= 0.3 is 5.97 Å². The van der Waals surface area contributed by atoms with E-state index in [1.54, 1.807) is 0 Å². The molecular weight excluding hydrogens is 240 g/mol. The van der Waals surface area contributed by atoms with E-state index >= 15 is 0 Å². The molecule has 1 aromatic heterocycles. The van der Waals surface area contributed by atoms with Gasteiger partial charge in [-0.2, -0.15) is 0 Å². The molecule has 5 heteroatoms. The molecule has 18 heavy (non-hydrogen) atoms. The fourth-order valence-corrected chi connectivity index (χ4v) is 2.04. The van der Waals surface area contributed by atoms with Crippen LogP contribution in [0.25, 0.3) is 10.9 Å². The number of aromatic nitrogens is 1. The average molecular weight is 249 g/mol. The smallest absolute Gasteiger partial charge is 0.336 e. The number of rotatable bonds is 2. The van der Waals surface area contributed by atoms with Crippen LogP contribution in [0.4, 0.5) is 8.78 Å². The molecule has 3 rings (SSSR count). The van der Waals surface area contributed by atoms with Gasteiger partial charge in [0.05, 0.1) is 5.56 Å². The third kappa shape index (κ3) is 1.72. The third-order valence-corrected chi connectivity index (χ3v) is 3.08. The number of hydrogen-bond donors (Lipinski definition) is 1. The Balaban J connectivity index is 2.37. The first-order valence-corrected chi connectivity index (χ1v) is 5.59. The molecule has 2 aromatic rings. The van der Waals surface area contributed by atoms with Gasteiger partial charge in [-0.3, -0.25) is 0 Å². The van der Waals surface area contributed by atoms with Gasteiger partial charge in [-0.25, -0.2) is 18.6 Å². The quantitative estimate of drug-likeness (QED) is 0.889. The SMILES string of the molecule is O=C(O)c1cc(C2CC2)nc2c(F)cc(F)cc12. The van der Waals surface area contributed by atoms with Gasteiger partial charge in [-0.1, -0.05) is 0 Å². The number of hydrogen-bond acceptors (Lipinski definition) is 2. The first kappa shape index (κ1) is 11.1. The number of benzene rings is 1. The van der Waals surface area contributed by atoms with Crippen LogP contribution in [0.2, 0.25) is 0 Å². The average Bonchev–Trinajstić information content (AvgIpc) is 3.11. The summed E-state index contributed by atoms with van der Waals surface area (Å²) in [7, 11) is 0. The van der Waals surface area contributed by atoms with Crippen LogP contribution in [0.15, 0.2) is 18.2 Å². The molecule has 0 spiro atoms. The molecule has 3 nitrogen and oxygen atoms in total. The standard InChI is InChI=1S/C13H9F2NO2/c14-7-3-8-9(13(17)18)5-11(6-1-2-6)16-12(8)10(15)4-7/h3-6H,1-2H2,(H,17,18). The maximum absolute atomic E-state index is 13.7. The number of carbonyl (C=O) groups is 1. The molecule has 0 radical (unpaired) electrons. The number of carboxylic acid groups (broad SMARTS) is 1. The molecule has 0 bridgehead atoms. The number of pyridine rings is 1. The molecule has 1 aliphatic rings. The first-order chi connectivity index (χ1) is 8.56. The number of aromatic carboxylic acids is 1. The second kappa shape index (κ2) is 3.73. The molecule has 0 saturated heterocycles. The summed E-state index contributed by atoms with van der Waals surface area (Å²) >= 11 is 0. The van der Waals surface area contributed by atoms with Crippen molar-refractivity contribution in [2.75, 3.05) is 0 Å². The lowest BCUT2D eigenvalue weighted by Crippen LogP contribution is -2.03. The summed E-state index contributed by atoms with van der Waals surface area (Å²) in [6.45, 7) is 0. The Bertz CT molecular complexity index is 666. The molecule has 1 saturated carbocycles. The van der Waals surface area contributed by atoms with E-state index in [1.165, 1.54) is 6.07 Å². The Labute approximate surface area is 101 Å². The lowest BCUT2D eigenvalue weighted by atomic mass is 10.1. The van der Waals surface area contributed by atoms with Gasteiger partial charge < -0.3 is 5.11 Å². The second-order valence-electron chi connectivity index (χ2n) is 4.46. The summed E-state index contributed by atoms with van der Waals surface area (Å²) in [4.78, 5) is 15.3. The van der Waals surface area contributed by atoms with E-state index in [9.17, 15) is 13.6 Å². The Hall–Kier alpha value is -2.04. The van der Waals surface area contributed by atoms with Gasteiger partial charge in [-0.05, 0) is 25.0 Å². The Kier molecular flexibility index (Phi) is 2.29. The lowest BCUT2D eigenvalue weighted by molar-refractivity contribution is 0.0699. The van der Waals surface area contributed by atoms with Crippen LogP contribution >= 0.6 is 0 Å². The van der Waals surface area contributed by atoms with E-state index in [0.717, 1.165) is 25.0 Å². The zero-order valence-corrected chi connectivity index (χ0v) is 9.28. The van der Waals surface area contributed by atoms with Crippen molar-refractivity contribution in [2.45, 2.75) is 18.8 Å². The van der Waals surface area contributed by atoms with Crippen molar-refractivity contribution in [3.63, 3.8) is 0 Å². The molecule has 0 unspecified atom stereocenters. The summed E-state index contributed by atoms with van der Waals surface area (Å²) in [5.74, 6) is -2.62. The van der Waals surface area contributed by atoms with Gasteiger partial charge in [0.1, 0.15) is 11.3 Å². The first-order valence-electron chi connectivity index (χ1n) is 5.59. The molecule has 1 fully saturated rings. The molecule has 1 heterocycles. The van der Waals surface area contributed by atoms with Crippen LogP contribution in [-0.2, 0) is 0 Å². The minimum absolute atomic E-state index is 0.00407. The summed E-state index contributed by atoms with van der Waals surface area (Å²) in [5.41, 5.74) is 0.406. The number of fused-ring (bicyclic) bond motifs is 1. The second-order valence-corrected chi connectivity index (χ2v) is 4.46. The highest BCUT2D eigenvalue weighted by atomic mass is 19.1. The minimum Gasteiger partial charge on any atom is -0.478 e. The van der Waals surface area contributed by atoms with Crippen LogP contribution in [-0.4, -0.2) is 16.1 Å². The molecule has 92 valence electrons. The molecule has 1 N–H and O–H groups in total. The minimum atomic E-state index is -1.20. The summed E-state index contributed by atoms with van der Waals surface area (Å²) in [6, 6.07) is 3.14. The van der Waals surface area contributed by atoms with Crippen LogP contribution in [0.3, 0.4) is 0 Å². The van der Waals surface area contributed by atoms with Crippen molar-refractivity contribution in [2.24, 2.45) is 0 Å². The molecule has 0 amide bonds. The van der Waals surface area contributed by atoms with Crippen molar-refractivity contribution in [1.82, 2.24) is 4.98 Å². The highest BCUT2D eigenvalue weighted by Crippen LogP contribution is 2.40. The summed E-state index contributed by atoms with van der Waals surface area (Å²) < 4.78 is 26.8. The van der Waals surface area contributed by atoms with Crippen LogP contribution in [0.1, 0.15) is 34.8 Å². The largest absolute Gasteiger partial charge is 0.478 e. The van der Waals surface area contributed by atoms with Crippen molar-refractivity contribution in [3.8, 4) is 0 Å². The lowest BCUT2D eigenvalue weighted by Gasteiger charge is -2.07. The van der Waals surface area contributed by atoms with Crippen LogP contribution in [0, 0.1) is 11.6 Å². The van der Waals surface area contributed by atoms with Gasteiger partial charge in [0.25, 0.3) is 0 Å². The van der Waals surface area contributed by atoms with E-state index in [4.69, 9.17) is 5.11 Å². The summed E-state index contributed by atoms with van der Waals surface area (Å²) in [5, 5.41) is 9.12. The van der Waals surface area contributed by atoms with Crippen molar-refractivity contribution >= 4 is 16.9 Å². The summed E-state index contributed by atoms with van der Waals surface area (Å²) in [6.07, 6.45) is 1.86. The molecule has 0 atom stereocenters. The Morgan fingerprint density at radius 2 is 2.00 bits per heavy atom. The molecule has 0 aliphatic heterocycles. The topological polar surface area (TPSA) is 50.2 Å². The van der Waals surface area contributed by atoms with Crippen molar-refractivity contribution in [3.05, 3.63) is 41.1 Å². The van der Waals surface area contributed by atoms with Gasteiger partial charge in [-0.15, -0.1) is 0 Å². The molecular formula is C13H9F2NO2. The Morgan fingerprint density at radius 1 is 1.28 bits per heavy atom. The van der Waals surface area contributed by atoms with E-state index < -0.39 is 17.6 Å². The zero-order valence-electron chi connectivity index (χ0n) is 9.28. The van der Waals surface area contributed by atoms with E-state index in [-0.39, 0.29) is 22.4 Å². The predicted molar refractivity (Wildman–Crippen MR) is 60.6 cm³/mol. The van der Waals surface area contributed by atoms with E-state index in [2.05, 4.69) is 4.98 Å². The maximum Gasteiger partial charge on any atom is 0.336 e. The molecule has 1 aliphatic carbocycles. The predicted octanol–water partition coefficient (Wildman–Crippen LogP) is 3.09. The van der Waals surface area contributed by atoms with Crippen LogP contribution in [0.5, 0.6) is 0 Å². The van der Waals surface area contributed by atoms with Gasteiger partial charge in [0.15, 0.2) is 5.82 Å². The maximum atomic E-state index is 13.7. The third-order valence-electron chi connectivity index (χ3n) is 3.08. The van der Waals surface area contributed by atoms with E-state index in [0.29, 0.717) is 5.69 Å². The van der Waals surface area contributed by atoms with Gasteiger partial charge in [0, 0.05) is 23.1 Å². The highest BCUT2D eigenvalue weighted by molar-refractivity contribution is 6.02. The normalized spacial score (nSPS) is 15.0. The number of halogens is 2. The number of nitrogens with zero attached hydrogens (tertiary/aromatic N) is 1. The molecule has 1 aromatic carbocycles. The highest BCUT2D eigenvalue weighted by Gasteiger charge is 2.27. The zero-order chi connectivity index (χ0) is 12.9.